The third-order valence-electron chi connectivity index (χ3n) is 3.65. The molecule has 0 aromatic heterocycles. The summed E-state index contributed by atoms with van der Waals surface area (Å²) in [4.78, 5) is 14.1. The second-order valence-corrected chi connectivity index (χ2v) is 4.95. The van der Waals surface area contributed by atoms with Crippen LogP contribution in [0.5, 0.6) is 0 Å². The van der Waals surface area contributed by atoms with Crippen molar-refractivity contribution in [2.24, 2.45) is 11.7 Å². The largest absolute Gasteiger partial charge is 0.342 e. The lowest BCUT2D eigenvalue weighted by atomic mass is 10.00. The molecule has 0 spiro atoms. The molecule has 1 aliphatic rings. The van der Waals surface area contributed by atoms with Gasteiger partial charge in [0.15, 0.2) is 0 Å². The van der Waals surface area contributed by atoms with Crippen molar-refractivity contribution in [2.45, 2.75) is 19.3 Å². The van der Waals surface area contributed by atoms with E-state index in [2.05, 4.69) is 0 Å². The summed E-state index contributed by atoms with van der Waals surface area (Å²) >= 11 is 0. The highest BCUT2D eigenvalue weighted by Crippen LogP contribution is 2.23. The first-order chi connectivity index (χ1) is 8.61. The number of nitrogens with two attached hydrogens (primary N) is 1. The molecule has 1 saturated heterocycles. The lowest BCUT2D eigenvalue weighted by Crippen LogP contribution is -2.33. The first-order valence-corrected chi connectivity index (χ1v) is 6.36. The van der Waals surface area contributed by atoms with Gasteiger partial charge in [0.25, 0.3) is 0 Å². The van der Waals surface area contributed by atoms with Crippen LogP contribution in [0.4, 0.5) is 4.39 Å². The quantitative estimate of drug-likeness (QED) is 0.925. The molecular formula is C14H20ClFN2O. The highest BCUT2D eigenvalue weighted by Gasteiger charge is 2.28. The minimum absolute atomic E-state index is 0. The number of halogens is 2. The van der Waals surface area contributed by atoms with Gasteiger partial charge in [-0.1, -0.05) is 12.1 Å². The summed E-state index contributed by atoms with van der Waals surface area (Å²) in [5.74, 6) is -0.115. The predicted molar refractivity (Wildman–Crippen MR) is 75.8 cm³/mol. The van der Waals surface area contributed by atoms with Crippen molar-refractivity contribution >= 4 is 18.3 Å². The van der Waals surface area contributed by atoms with Gasteiger partial charge in [0.1, 0.15) is 5.82 Å². The Kier molecular flexibility index (Phi) is 5.76. The van der Waals surface area contributed by atoms with Crippen LogP contribution in [-0.2, 0) is 4.79 Å². The molecule has 2 unspecified atom stereocenters. The Morgan fingerprint density at radius 2 is 2.32 bits per heavy atom. The van der Waals surface area contributed by atoms with Gasteiger partial charge < -0.3 is 10.6 Å². The average Bonchev–Trinajstić information content (AvgIpc) is 2.85. The van der Waals surface area contributed by atoms with E-state index in [0.29, 0.717) is 12.5 Å². The number of hydrogen-bond donors (Lipinski definition) is 1. The Labute approximate surface area is 119 Å². The number of carbonyl (C=O) groups is 1. The van der Waals surface area contributed by atoms with E-state index in [-0.39, 0.29) is 30.0 Å². The van der Waals surface area contributed by atoms with Crippen molar-refractivity contribution in [3.63, 3.8) is 0 Å². The fourth-order valence-electron chi connectivity index (χ4n) is 2.42. The monoisotopic (exact) mass is 286 g/mol. The highest BCUT2D eigenvalue weighted by molar-refractivity contribution is 5.85. The second kappa shape index (κ2) is 6.87. The minimum Gasteiger partial charge on any atom is -0.342 e. The normalized spacial score (nSPS) is 19.9. The Bertz CT molecular complexity index is 441. The molecule has 0 aliphatic carbocycles. The van der Waals surface area contributed by atoms with E-state index in [1.54, 1.807) is 12.1 Å². The lowest BCUT2D eigenvalue weighted by molar-refractivity contribution is -0.131. The molecule has 1 aromatic carbocycles. The highest BCUT2D eigenvalue weighted by atomic mass is 35.5. The molecule has 0 bridgehead atoms. The van der Waals surface area contributed by atoms with E-state index >= 15 is 0 Å². The Balaban J connectivity index is 0.00000180. The van der Waals surface area contributed by atoms with E-state index in [9.17, 15) is 9.18 Å². The van der Waals surface area contributed by atoms with Crippen LogP contribution in [0.25, 0.3) is 0 Å². The van der Waals surface area contributed by atoms with Gasteiger partial charge in [0.05, 0.1) is 5.92 Å². The fraction of sp³-hybridized carbons (Fsp3) is 0.500. The molecule has 2 rings (SSSR count). The van der Waals surface area contributed by atoms with Gasteiger partial charge in [-0.05, 0) is 43.5 Å². The van der Waals surface area contributed by atoms with Crippen molar-refractivity contribution < 1.29 is 9.18 Å². The summed E-state index contributed by atoms with van der Waals surface area (Å²) in [7, 11) is 0. The smallest absolute Gasteiger partial charge is 0.229 e. The molecule has 5 heteroatoms. The molecule has 0 saturated carbocycles. The summed E-state index contributed by atoms with van der Waals surface area (Å²) in [6, 6.07) is 6.25. The van der Waals surface area contributed by atoms with Crippen molar-refractivity contribution in [1.29, 1.82) is 0 Å². The number of rotatable bonds is 3. The second-order valence-electron chi connectivity index (χ2n) is 4.95. The third-order valence-corrected chi connectivity index (χ3v) is 3.65. The average molecular weight is 287 g/mol. The van der Waals surface area contributed by atoms with Gasteiger partial charge in [-0.2, -0.15) is 0 Å². The van der Waals surface area contributed by atoms with E-state index < -0.39 is 0 Å². The van der Waals surface area contributed by atoms with Gasteiger partial charge in [-0.3, -0.25) is 4.79 Å². The third kappa shape index (κ3) is 3.67. The number of nitrogens with zero attached hydrogens (tertiary/aromatic N) is 1. The van der Waals surface area contributed by atoms with Crippen LogP contribution in [0, 0.1) is 11.7 Å². The fourth-order valence-corrected chi connectivity index (χ4v) is 2.42. The zero-order chi connectivity index (χ0) is 13.1. The summed E-state index contributed by atoms with van der Waals surface area (Å²) in [6.45, 7) is 3.94. The molecule has 1 amide bonds. The molecule has 1 aromatic rings. The summed E-state index contributed by atoms with van der Waals surface area (Å²) in [6.07, 6.45) is 0.970. The van der Waals surface area contributed by atoms with Crippen LogP contribution in [-0.4, -0.2) is 30.4 Å². The molecule has 3 nitrogen and oxygen atoms in total. The van der Waals surface area contributed by atoms with Crippen molar-refractivity contribution in [3.8, 4) is 0 Å². The summed E-state index contributed by atoms with van der Waals surface area (Å²) < 4.78 is 13.1. The Hall–Kier alpha value is -1.13. The van der Waals surface area contributed by atoms with Gasteiger partial charge >= 0.3 is 0 Å². The SMILES string of the molecule is CC(C(=O)N1CCC(CN)C1)c1cccc(F)c1.Cl. The van der Waals surface area contributed by atoms with Crippen molar-refractivity contribution in [2.75, 3.05) is 19.6 Å². The van der Waals surface area contributed by atoms with Crippen molar-refractivity contribution in [1.82, 2.24) is 4.90 Å². The Morgan fingerprint density at radius 3 is 2.89 bits per heavy atom. The van der Waals surface area contributed by atoms with Crippen LogP contribution < -0.4 is 5.73 Å². The molecule has 19 heavy (non-hydrogen) atoms. The zero-order valence-electron chi connectivity index (χ0n) is 11.0. The van der Waals surface area contributed by atoms with Crippen LogP contribution in [0.2, 0.25) is 0 Å². The van der Waals surface area contributed by atoms with E-state index in [0.717, 1.165) is 25.1 Å². The van der Waals surface area contributed by atoms with Crippen LogP contribution in [0.15, 0.2) is 24.3 Å². The maximum atomic E-state index is 13.1. The van der Waals surface area contributed by atoms with E-state index in [1.807, 2.05) is 11.8 Å². The first kappa shape index (κ1) is 15.9. The van der Waals surface area contributed by atoms with Gasteiger partial charge in [0.2, 0.25) is 5.91 Å². The molecule has 106 valence electrons. The molecule has 2 atom stereocenters. The number of carbonyl (C=O) groups excluding carboxylic acids is 1. The van der Waals surface area contributed by atoms with Gasteiger partial charge in [-0.25, -0.2) is 4.39 Å². The van der Waals surface area contributed by atoms with Crippen LogP contribution in [0.3, 0.4) is 0 Å². The minimum atomic E-state index is -0.298. The molecule has 1 fully saturated rings. The molecule has 1 aliphatic heterocycles. The van der Waals surface area contributed by atoms with Crippen LogP contribution >= 0.6 is 12.4 Å². The standard InChI is InChI=1S/C14H19FN2O.ClH/c1-10(12-3-2-4-13(15)7-12)14(18)17-6-5-11(8-16)9-17;/h2-4,7,10-11H,5-6,8-9,16H2,1H3;1H. The number of hydrogen-bond acceptors (Lipinski definition) is 2. The van der Waals surface area contributed by atoms with Gasteiger partial charge in [0, 0.05) is 13.1 Å². The Morgan fingerprint density at radius 1 is 1.58 bits per heavy atom. The van der Waals surface area contributed by atoms with Crippen LogP contribution in [0.1, 0.15) is 24.8 Å². The summed E-state index contributed by atoms with van der Waals surface area (Å²) in [5, 5.41) is 0. The molecule has 1 heterocycles. The molecule has 2 N–H and O–H groups in total. The maximum absolute atomic E-state index is 13.1. The van der Waals surface area contributed by atoms with E-state index in [1.165, 1.54) is 12.1 Å². The molecule has 0 radical (unpaired) electrons. The number of amides is 1. The number of likely N-dealkylation sites (tertiary alicyclic amines) is 1. The maximum Gasteiger partial charge on any atom is 0.229 e. The predicted octanol–water partition coefficient (Wildman–Crippen LogP) is 2.16. The van der Waals surface area contributed by atoms with Crippen molar-refractivity contribution in [3.05, 3.63) is 35.6 Å². The lowest BCUT2D eigenvalue weighted by Gasteiger charge is -2.21. The summed E-state index contributed by atoms with van der Waals surface area (Å²) in [5.41, 5.74) is 6.35. The zero-order valence-corrected chi connectivity index (χ0v) is 11.8. The molecular weight excluding hydrogens is 267 g/mol. The van der Waals surface area contributed by atoms with E-state index in [4.69, 9.17) is 5.73 Å². The number of benzene rings is 1. The van der Waals surface area contributed by atoms with Gasteiger partial charge in [-0.15, -0.1) is 12.4 Å². The topological polar surface area (TPSA) is 46.3 Å². The first-order valence-electron chi connectivity index (χ1n) is 6.36.